The fraction of sp³-hybridized carbons (Fsp3) is 0.222. The van der Waals surface area contributed by atoms with Gasteiger partial charge in [-0.15, -0.1) is 0 Å². The zero-order valence-corrected chi connectivity index (χ0v) is 6.98. The van der Waals surface area contributed by atoms with Crippen LogP contribution in [-0.4, -0.2) is 18.2 Å². The Hall–Kier alpha value is -1.55. The first-order valence-electron chi connectivity index (χ1n) is 3.79. The van der Waals surface area contributed by atoms with Crippen molar-refractivity contribution in [2.24, 2.45) is 0 Å². The number of phenols is 1. The Labute approximate surface area is 74.7 Å². The minimum Gasteiger partial charge on any atom is -0.507 e. The van der Waals surface area contributed by atoms with E-state index >= 15 is 0 Å². The third-order valence-electron chi connectivity index (χ3n) is 1.96. The Morgan fingerprint density at radius 1 is 1.54 bits per heavy atom. The number of fused-ring (bicyclic) bond motifs is 1. The largest absolute Gasteiger partial charge is 0.507 e. The predicted molar refractivity (Wildman–Crippen MR) is 43.3 cm³/mol. The normalized spacial score (nSPS) is 19.8. The molecule has 1 atom stereocenters. The molecular formula is C9H8O4. The number of methoxy groups -OCH3 is 1. The molecule has 1 aliphatic heterocycles. The number of rotatable bonds is 1. The van der Waals surface area contributed by atoms with Crippen LogP contribution in [-0.2, 0) is 9.47 Å². The zero-order chi connectivity index (χ0) is 9.42. The molecule has 1 heterocycles. The Morgan fingerprint density at radius 2 is 2.31 bits per heavy atom. The van der Waals surface area contributed by atoms with Gasteiger partial charge in [-0.2, -0.15) is 0 Å². The van der Waals surface area contributed by atoms with Gasteiger partial charge in [0.1, 0.15) is 11.3 Å². The average Bonchev–Trinajstić information content (AvgIpc) is 2.44. The second-order valence-electron chi connectivity index (χ2n) is 2.71. The molecular weight excluding hydrogens is 172 g/mol. The van der Waals surface area contributed by atoms with Gasteiger partial charge in [-0.1, -0.05) is 12.1 Å². The van der Waals surface area contributed by atoms with Crippen molar-refractivity contribution < 1.29 is 19.4 Å². The molecule has 0 aromatic heterocycles. The van der Waals surface area contributed by atoms with E-state index in [-0.39, 0.29) is 11.3 Å². The van der Waals surface area contributed by atoms with E-state index in [0.717, 1.165) is 0 Å². The lowest BCUT2D eigenvalue weighted by molar-refractivity contribution is -0.0815. The predicted octanol–water partition coefficient (Wildman–Crippen LogP) is 1.21. The highest BCUT2D eigenvalue weighted by atomic mass is 16.7. The highest BCUT2D eigenvalue weighted by molar-refractivity contribution is 5.96. The molecule has 1 aromatic carbocycles. The van der Waals surface area contributed by atoms with Crippen LogP contribution in [0.3, 0.4) is 0 Å². The Bertz CT molecular complexity index is 359. The summed E-state index contributed by atoms with van der Waals surface area (Å²) in [5, 5.41) is 9.36. The van der Waals surface area contributed by atoms with Gasteiger partial charge in [-0.25, -0.2) is 4.79 Å². The van der Waals surface area contributed by atoms with Crippen LogP contribution in [0.15, 0.2) is 18.2 Å². The summed E-state index contributed by atoms with van der Waals surface area (Å²) in [5.41, 5.74) is 0.779. The number of cyclic esters (lactones) is 1. The van der Waals surface area contributed by atoms with Crippen LogP contribution in [0.1, 0.15) is 22.2 Å². The molecule has 1 unspecified atom stereocenters. The SMILES string of the molecule is COC1OC(=O)c2c(O)cccc21. The molecule has 13 heavy (non-hydrogen) atoms. The topological polar surface area (TPSA) is 55.8 Å². The molecule has 0 fully saturated rings. The second kappa shape index (κ2) is 2.74. The van der Waals surface area contributed by atoms with Crippen molar-refractivity contribution >= 4 is 5.97 Å². The van der Waals surface area contributed by atoms with Crippen LogP contribution < -0.4 is 0 Å². The Morgan fingerprint density at radius 3 is 3.00 bits per heavy atom. The van der Waals surface area contributed by atoms with E-state index in [1.165, 1.54) is 13.2 Å². The molecule has 1 aliphatic rings. The number of esters is 1. The van der Waals surface area contributed by atoms with Crippen molar-refractivity contribution in [2.75, 3.05) is 7.11 Å². The van der Waals surface area contributed by atoms with Gasteiger partial charge in [-0.05, 0) is 6.07 Å². The Balaban J connectivity index is 2.57. The van der Waals surface area contributed by atoms with E-state index in [0.29, 0.717) is 5.56 Å². The third kappa shape index (κ3) is 1.07. The first-order chi connectivity index (χ1) is 6.24. The van der Waals surface area contributed by atoms with Crippen molar-refractivity contribution in [1.29, 1.82) is 0 Å². The number of phenolic OH excluding ortho intramolecular Hbond substituents is 1. The highest BCUT2D eigenvalue weighted by Gasteiger charge is 2.33. The summed E-state index contributed by atoms with van der Waals surface area (Å²) in [5.74, 6) is -0.609. The number of ether oxygens (including phenoxy) is 2. The molecule has 1 N–H and O–H groups in total. The molecule has 4 nitrogen and oxygen atoms in total. The van der Waals surface area contributed by atoms with Crippen LogP contribution in [0, 0.1) is 0 Å². The van der Waals surface area contributed by atoms with Crippen molar-refractivity contribution in [3.8, 4) is 5.75 Å². The molecule has 0 amide bonds. The van der Waals surface area contributed by atoms with E-state index < -0.39 is 12.3 Å². The molecule has 4 heteroatoms. The van der Waals surface area contributed by atoms with Gasteiger partial charge in [0.2, 0.25) is 6.29 Å². The molecule has 1 aromatic rings. The number of hydrogen-bond donors (Lipinski definition) is 1. The van der Waals surface area contributed by atoms with Gasteiger partial charge < -0.3 is 14.6 Å². The summed E-state index contributed by atoms with van der Waals surface area (Å²) in [6.45, 7) is 0. The van der Waals surface area contributed by atoms with E-state index in [2.05, 4.69) is 0 Å². The fourth-order valence-corrected chi connectivity index (χ4v) is 1.37. The van der Waals surface area contributed by atoms with Crippen molar-refractivity contribution in [3.05, 3.63) is 29.3 Å². The van der Waals surface area contributed by atoms with E-state index in [1.54, 1.807) is 12.1 Å². The lowest BCUT2D eigenvalue weighted by Crippen LogP contribution is -1.99. The number of benzene rings is 1. The summed E-state index contributed by atoms with van der Waals surface area (Å²) >= 11 is 0. The number of aromatic hydroxyl groups is 1. The summed E-state index contributed by atoms with van der Waals surface area (Å²) in [7, 11) is 1.44. The molecule has 0 bridgehead atoms. The van der Waals surface area contributed by atoms with Crippen LogP contribution >= 0.6 is 0 Å². The van der Waals surface area contributed by atoms with Crippen LogP contribution in [0.5, 0.6) is 5.75 Å². The lowest BCUT2D eigenvalue weighted by Gasteiger charge is -2.06. The van der Waals surface area contributed by atoms with Gasteiger partial charge in [0.15, 0.2) is 0 Å². The van der Waals surface area contributed by atoms with Crippen molar-refractivity contribution in [1.82, 2.24) is 0 Å². The second-order valence-corrected chi connectivity index (χ2v) is 2.71. The summed E-state index contributed by atoms with van der Waals surface area (Å²) < 4.78 is 9.75. The first kappa shape index (κ1) is 8.07. The maximum absolute atomic E-state index is 11.2. The van der Waals surface area contributed by atoms with E-state index in [9.17, 15) is 9.90 Å². The maximum Gasteiger partial charge on any atom is 0.345 e. The summed E-state index contributed by atoms with van der Waals surface area (Å²) in [4.78, 5) is 11.2. The van der Waals surface area contributed by atoms with Gasteiger partial charge in [-0.3, -0.25) is 0 Å². The number of carbonyl (C=O) groups is 1. The van der Waals surface area contributed by atoms with Gasteiger partial charge >= 0.3 is 5.97 Å². The van der Waals surface area contributed by atoms with Crippen LogP contribution in [0.2, 0.25) is 0 Å². The molecule has 0 aliphatic carbocycles. The van der Waals surface area contributed by atoms with E-state index in [1.807, 2.05) is 0 Å². The molecule has 0 spiro atoms. The van der Waals surface area contributed by atoms with E-state index in [4.69, 9.17) is 9.47 Å². The van der Waals surface area contributed by atoms with Gasteiger partial charge in [0.25, 0.3) is 0 Å². The molecule has 0 saturated heterocycles. The number of carbonyl (C=O) groups excluding carboxylic acids is 1. The molecule has 0 radical (unpaired) electrons. The van der Waals surface area contributed by atoms with Crippen molar-refractivity contribution in [3.63, 3.8) is 0 Å². The standard InChI is InChI=1S/C9H8O4/c1-12-9-5-3-2-4-6(10)7(5)8(11)13-9/h2-4,9-10H,1H3. The minimum absolute atomic E-state index is 0.0675. The number of hydrogen-bond acceptors (Lipinski definition) is 4. The third-order valence-corrected chi connectivity index (χ3v) is 1.96. The maximum atomic E-state index is 11.2. The molecule has 2 rings (SSSR count). The average molecular weight is 180 g/mol. The fourth-order valence-electron chi connectivity index (χ4n) is 1.37. The Kier molecular flexibility index (Phi) is 1.70. The monoisotopic (exact) mass is 180 g/mol. The lowest BCUT2D eigenvalue weighted by atomic mass is 10.1. The smallest absolute Gasteiger partial charge is 0.345 e. The minimum atomic E-state index is -0.686. The highest BCUT2D eigenvalue weighted by Crippen LogP contribution is 2.35. The van der Waals surface area contributed by atoms with Crippen LogP contribution in [0.25, 0.3) is 0 Å². The first-order valence-corrected chi connectivity index (χ1v) is 3.79. The summed E-state index contributed by atoms with van der Waals surface area (Å²) in [6, 6.07) is 4.77. The quantitative estimate of drug-likeness (QED) is 0.660. The molecule has 0 saturated carbocycles. The van der Waals surface area contributed by atoms with Gasteiger partial charge in [0, 0.05) is 12.7 Å². The summed E-state index contributed by atoms with van der Waals surface area (Å²) in [6.07, 6.45) is -0.686. The molecule has 68 valence electrons. The van der Waals surface area contributed by atoms with Crippen LogP contribution in [0.4, 0.5) is 0 Å². The zero-order valence-electron chi connectivity index (χ0n) is 6.98. The van der Waals surface area contributed by atoms with Crippen molar-refractivity contribution in [2.45, 2.75) is 6.29 Å². The van der Waals surface area contributed by atoms with Gasteiger partial charge in [0.05, 0.1) is 0 Å².